The van der Waals surface area contributed by atoms with Crippen molar-refractivity contribution < 1.29 is 13.3 Å². The normalized spacial score (nSPS) is 16.2. The van der Waals surface area contributed by atoms with Gasteiger partial charge in [0.25, 0.3) is 5.69 Å². The zero-order chi connectivity index (χ0) is 12.5. The molecule has 0 spiro atoms. The van der Waals surface area contributed by atoms with E-state index >= 15 is 0 Å². The molecule has 7 heteroatoms. The number of hydrogen-bond donors (Lipinski definition) is 0. The number of rotatable bonds is 3. The van der Waals surface area contributed by atoms with Crippen LogP contribution in [0.2, 0.25) is 0 Å². The molecule has 90 valence electrons. The van der Waals surface area contributed by atoms with Crippen molar-refractivity contribution in [1.29, 1.82) is 0 Å². The molecule has 0 amide bonds. The van der Waals surface area contributed by atoms with E-state index in [9.17, 15) is 18.5 Å². The van der Waals surface area contributed by atoms with Crippen LogP contribution < -0.4 is 0 Å². The molecule has 0 saturated heterocycles. The summed E-state index contributed by atoms with van der Waals surface area (Å²) in [7, 11) is -3.63. The van der Waals surface area contributed by atoms with E-state index in [0.717, 1.165) is 6.07 Å². The minimum Gasteiger partial charge on any atom is -0.258 e. The lowest BCUT2D eigenvalue weighted by Gasteiger charge is -2.15. The highest BCUT2D eigenvalue weighted by atomic mass is 32.2. The molecule has 6 nitrogen and oxygen atoms in total. The van der Waals surface area contributed by atoms with Gasteiger partial charge in [0, 0.05) is 25.2 Å². The molecule has 0 N–H and O–H groups in total. The standard InChI is InChI=1S/C10H10N2O4S/c13-12(14)9-4-3-5-10(8-9)17(15,16)11-6-1-2-7-11/h1-5,8H,6-7H2. The predicted octanol–water partition coefficient (Wildman–Crippen LogP) is 1.16. The maximum Gasteiger partial charge on any atom is 0.270 e. The van der Waals surface area contributed by atoms with Crippen LogP contribution in [0.3, 0.4) is 0 Å². The number of sulfonamides is 1. The fraction of sp³-hybridized carbons (Fsp3) is 0.200. The Balaban J connectivity index is 2.39. The molecule has 1 aliphatic rings. The zero-order valence-electron chi connectivity index (χ0n) is 8.81. The van der Waals surface area contributed by atoms with Gasteiger partial charge in [0.05, 0.1) is 9.82 Å². The van der Waals surface area contributed by atoms with Gasteiger partial charge in [0.15, 0.2) is 0 Å². The molecule has 0 atom stereocenters. The summed E-state index contributed by atoms with van der Waals surface area (Å²) in [5.74, 6) is 0. The van der Waals surface area contributed by atoms with Gasteiger partial charge in [-0.2, -0.15) is 4.31 Å². The van der Waals surface area contributed by atoms with Crippen LogP contribution in [0.5, 0.6) is 0 Å². The molecule has 1 aliphatic heterocycles. The molecule has 0 fully saturated rings. The number of nitrogens with zero attached hydrogens (tertiary/aromatic N) is 2. The Hall–Kier alpha value is -1.73. The highest BCUT2D eigenvalue weighted by Crippen LogP contribution is 2.21. The van der Waals surface area contributed by atoms with Crippen molar-refractivity contribution in [2.24, 2.45) is 0 Å². The van der Waals surface area contributed by atoms with Crippen LogP contribution in [0.25, 0.3) is 0 Å². The second-order valence-corrected chi connectivity index (χ2v) is 5.49. The van der Waals surface area contributed by atoms with Gasteiger partial charge in [0.1, 0.15) is 0 Å². The lowest BCUT2D eigenvalue weighted by molar-refractivity contribution is -0.385. The molecule has 0 radical (unpaired) electrons. The summed E-state index contributed by atoms with van der Waals surface area (Å²) in [5, 5.41) is 10.6. The molecule has 1 aromatic rings. The van der Waals surface area contributed by atoms with Crippen LogP contribution in [-0.2, 0) is 10.0 Å². The Bertz CT molecular complexity index is 572. The molecular weight excluding hydrogens is 244 g/mol. The summed E-state index contributed by atoms with van der Waals surface area (Å²) in [6.07, 6.45) is 3.49. The summed E-state index contributed by atoms with van der Waals surface area (Å²) in [5.41, 5.74) is -0.224. The molecule has 0 aromatic heterocycles. The fourth-order valence-corrected chi connectivity index (χ4v) is 2.94. The van der Waals surface area contributed by atoms with Crippen LogP contribution in [-0.4, -0.2) is 30.7 Å². The van der Waals surface area contributed by atoms with Crippen LogP contribution in [0.15, 0.2) is 41.3 Å². The molecule has 0 bridgehead atoms. The van der Waals surface area contributed by atoms with E-state index in [1.807, 2.05) is 0 Å². The van der Waals surface area contributed by atoms with Gasteiger partial charge in [-0.25, -0.2) is 8.42 Å². The molecule has 2 rings (SSSR count). The summed E-state index contributed by atoms with van der Waals surface area (Å²) in [4.78, 5) is 9.93. The van der Waals surface area contributed by atoms with Crippen molar-refractivity contribution in [3.05, 3.63) is 46.5 Å². The largest absolute Gasteiger partial charge is 0.270 e. The Labute approximate surface area is 98.4 Å². The van der Waals surface area contributed by atoms with Gasteiger partial charge in [-0.05, 0) is 6.07 Å². The monoisotopic (exact) mass is 254 g/mol. The van der Waals surface area contributed by atoms with Crippen LogP contribution in [0, 0.1) is 10.1 Å². The zero-order valence-corrected chi connectivity index (χ0v) is 9.63. The van der Waals surface area contributed by atoms with E-state index in [-0.39, 0.29) is 10.6 Å². The third-order valence-electron chi connectivity index (χ3n) is 2.45. The summed E-state index contributed by atoms with van der Waals surface area (Å²) >= 11 is 0. The van der Waals surface area contributed by atoms with E-state index < -0.39 is 14.9 Å². The van der Waals surface area contributed by atoms with E-state index in [1.165, 1.54) is 22.5 Å². The van der Waals surface area contributed by atoms with Gasteiger partial charge < -0.3 is 0 Å². The van der Waals surface area contributed by atoms with Crippen LogP contribution >= 0.6 is 0 Å². The van der Waals surface area contributed by atoms with E-state index in [4.69, 9.17) is 0 Å². The Morgan fingerprint density at radius 2 is 1.88 bits per heavy atom. The number of benzene rings is 1. The Kier molecular flexibility index (Phi) is 2.95. The average molecular weight is 254 g/mol. The third-order valence-corrected chi connectivity index (χ3v) is 4.28. The van der Waals surface area contributed by atoms with Gasteiger partial charge >= 0.3 is 0 Å². The minimum absolute atomic E-state index is 0.0459. The van der Waals surface area contributed by atoms with Crippen LogP contribution in [0.4, 0.5) is 5.69 Å². The topological polar surface area (TPSA) is 80.5 Å². The van der Waals surface area contributed by atoms with Gasteiger partial charge in [-0.1, -0.05) is 18.2 Å². The summed E-state index contributed by atoms with van der Waals surface area (Å²) in [6.45, 7) is 0.621. The van der Waals surface area contributed by atoms with E-state index in [2.05, 4.69) is 0 Å². The van der Waals surface area contributed by atoms with Crippen LogP contribution in [0.1, 0.15) is 0 Å². The second kappa shape index (κ2) is 4.27. The molecule has 1 heterocycles. The number of non-ortho nitro benzene ring substituents is 1. The summed E-state index contributed by atoms with van der Waals surface area (Å²) in [6, 6.07) is 5.07. The first kappa shape index (κ1) is 11.7. The fourth-order valence-electron chi connectivity index (χ4n) is 1.56. The molecular formula is C10H10N2O4S. The second-order valence-electron chi connectivity index (χ2n) is 3.55. The van der Waals surface area contributed by atoms with Crippen molar-refractivity contribution in [3.63, 3.8) is 0 Å². The van der Waals surface area contributed by atoms with Crippen molar-refractivity contribution in [2.75, 3.05) is 13.1 Å². The van der Waals surface area contributed by atoms with Gasteiger partial charge in [-0.3, -0.25) is 10.1 Å². The Morgan fingerprint density at radius 1 is 1.24 bits per heavy atom. The first-order valence-electron chi connectivity index (χ1n) is 4.91. The molecule has 0 unspecified atom stereocenters. The maximum atomic E-state index is 12.1. The Morgan fingerprint density at radius 3 is 2.47 bits per heavy atom. The van der Waals surface area contributed by atoms with Gasteiger partial charge in [0.2, 0.25) is 10.0 Å². The van der Waals surface area contributed by atoms with Crippen molar-refractivity contribution in [2.45, 2.75) is 4.90 Å². The quantitative estimate of drug-likeness (QED) is 0.460. The number of nitro benzene ring substituents is 1. The SMILES string of the molecule is O=[N+]([O-])c1cccc(S(=O)(=O)N2CC=CC2)c1. The highest BCUT2D eigenvalue weighted by molar-refractivity contribution is 7.89. The van der Waals surface area contributed by atoms with Gasteiger partial charge in [-0.15, -0.1) is 0 Å². The molecule has 17 heavy (non-hydrogen) atoms. The highest BCUT2D eigenvalue weighted by Gasteiger charge is 2.26. The molecule has 0 aliphatic carbocycles. The average Bonchev–Trinajstić information content (AvgIpc) is 2.83. The maximum absolute atomic E-state index is 12.1. The minimum atomic E-state index is -3.63. The van der Waals surface area contributed by atoms with E-state index in [1.54, 1.807) is 12.2 Å². The molecule has 1 aromatic carbocycles. The number of hydrogen-bond acceptors (Lipinski definition) is 4. The third kappa shape index (κ3) is 2.20. The lowest BCUT2D eigenvalue weighted by Crippen LogP contribution is -2.28. The van der Waals surface area contributed by atoms with Crippen molar-refractivity contribution >= 4 is 15.7 Å². The van der Waals surface area contributed by atoms with Crippen molar-refractivity contribution in [1.82, 2.24) is 4.31 Å². The van der Waals surface area contributed by atoms with E-state index in [0.29, 0.717) is 13.1 Å². The van der Waals surface area contributed by atoms with Crippen molar-refractivity contribution in [3.8, 4) is 0 Å². The molecule has 0 saturated carbocycles. The smallest absolute Gasteiger partial charge is 0.258 e. The number of nitro groups is 1. The first-order valence-corrected chi connectivity index (χ1v) is 6.35. The summed E-state index contributed by atoms with van der Waals surface area (Å²) < 4.78 is 25.4. The lowest BCUT2D eigenvalue weighted by atomic mass is 10.3. The predicted molar refractivity (Wildman–Crippen MR) is 61.0 cm³/mol. The first-order chi connectivity index (χ1) is 8.01.